The van der Waals surface area contributed by atoms with Gasteiger partial charge in [-0.2, -0.15) is 4.98 Å². The normalized spacial score (nSPS) is 19.4. The van der Waals surface area contributed by atoms with E-state index < -0.39 is 0 Å². The molecule has 0 N–H and O–H groups in total. The van der Waals surface area contributed by atoms with E-state index in [4.69, 9.17) is 21.1 Å². The number of rotatable bonds is 2. The lowest BCUT2D eigenvalue weighted by molar-refractivity contribution is 0.0985. The van der Waals surface area contributed by atoms with E-state index in [1.807, 2.05) is 12.1 Å². The summed E-state index contributed by atoms with van der Waals surface area (Å²) in [6.45, 7) is 4.31. The Kier molecular flexibility index (Phi) is 3.63. The van der Waals surface area contributed by atoms with Gasteiger partial charge in [-0.05, 0) is 13.0 Å². The molecule has 106 valence electrons. The van der Waals surface area contributed by atoms with Gasteiger partial charge in [-0.25, -0.2) is 4.98 Å². The Hall–Kier alpha value is -1.59. The zero-order chi connectivity index (χ0) is 14.1. The number of anilines is 1. The molecule has 0 aromatic carbocycles. The van der Waals surface area contributed by atoms with Crippen LogP contribution in [-0.2, 0) is 4.74 Å². The van der Waals surface area contributed by atoms with Gasteiger partial charge in [-0.15, -0.1) is 0 Å². The Morgan fingerprint density at radius 3 is 3.00 bits per heavy atom. The highest BCUT2D eigenvalue weighted by molar-refractivity contribution is 6.35. The number of morpholine rings is 1. The highest BCUT2D eigenvalue weighted by atomic mass is 35.5. The van der Waals surface area contributed by atoms with Gasteiger partial charge in [-0.1, -0.05) is 11.6 Å². The van der Waals surface area contributed by atoms with Gasteiger partial charge in [0.1, 0.15) is 5.82 Å². The second kappa shape index (κ2) is 5.42. The molecule has 20 heavy (non-hydrogen) atoms. The molecule has 1 saturated heterocycles. The molecule has 1 aliphatic rings. The highest BCUT2D eigenvalue weighted by Gasteiger charge is 2.21. The first kappa shape index (κ1) is 13.4. The first-order valence-electron chi connectivity index (χ1n) is 6.54. The number of methoxy groups -OCH3 is 1. The molecule has 0 spiro atoms. The lowest BCUT2D eigenvalue weighted by Gasteiger charge is -2.34. The van der Waals surface area contributed by atoms with Crippen molar-refractivity contribution in [1.29, 1.82) is 0 Å². The summed E-state index contributed by atoms with van der Waals surface area (Å²) in [5.41, 5.74) is 0.602. The molecule has 1 atom stereocenters. The molecule has 2 aromatic heterocycles. The standard InChI is InChI=1S/C14H16ClN3O2/c1-9-8-20-6-5-18(9)12-7-11(15)10-3-4-13(19-2)17-14(10)16-12/h3-4,7,9H,5-6,8H2,1-2H3/t9-/m0/s1. The van der Waals surface area contributed by atoms with Crippen LogP contribution >= 0.6 is 11.6 Å². The minimum atomic E-state index is 0.273. The summed E-state index contributed by atoms with van der Waals surface area (Å²) in [6.07, 6.45) is 0. The molecule has 0 saturated carbocycles. The summed E-state index contributed by atoms with van der Waals surface area (Å²) < 4.78 is 10.6. The molecule has 0 radical (unpaired) electrons. The maximum absolute atomic E-state index is 6.35. The molecule has 5 nitrogen and oxygen atoms in total. The van der Waals surface area contributed by atoms with Crippen LogP contribution in [0.3, 0.4) is 0 Å². The van der Waals surface area contributed by atoms with Gasteiger partial charge in [0.15, 0.2) is 5.65 Å². The van der Waals surface area contributed by atoms with Gasteiger partial charge in [0.05, 0.1) is 31.4 Å². The molecule has 3 heterocycles. The van der Waals surface area contributed by atoms with Crippen LogP contribution in [0.5, 0.6) is 5.88 Å². The Morgan fingerprint density at radius 1 is 1.40 bits per heavy atom. The van der Waals surface area contributed by atoms with Crippen molar-refractivity contribution in [3.8, 4) is 5.88 Å². The second-order valence-electron chi connectivity index (χ2n) is 4.80. The average molecular weight is 294 g/mol. The Morgan fingerprint density at radius 2 is 2.25 bits per heavy atom. The SMILES string of the molecule is COc1ccc2c(Cl)cc(N3CCOC[C@@H]3C)nc2n1. The number of aromatic nitrogens is 2. The summed E-state index contributed by atoms with van der Waals surface area (Å²) in [5, 5.41) is 1.48. The van der Waals surface area contributed by atoms with Crippen LogP contribution in [-0.4, -0.2) is 42.9 Å². The lowest BCUT2D eigenvalue weighted by Crippen LogP contribution is -2.44. The van der Waals surface area contributed by atoms with E-state index in [1.54, 1.807) is 13.2 Å². The van der Waals surface area contributed by atoms with Crippen molar-refractivity contribution < 1.29 is 9.47 Å². The maximum Gasteiger partial charge on any atom is 0.215 e. The smallest absolute Gasteiger partial charge is 0.215 e. The number of pyridine rings is 2. The molecular weight excluding hydrogens is 278 g/mol. The summed E-state index contributed by atoms with van der Waals surface area (Å²) in [6, 6.07) is 5.82. The van der Waals surface area contributed by atoms with Gasteiger partial charge in [0.2, 0.25) is 5.88 Å². The quantitative estimate of drug-likeness (QED) is 0.851. The van der Waals surface area contributed by atoms with Crippen molar-refractivity contribution in [3.05, 3.63) is 23.2 Å². The van der Waals surface area contributed by atoms with Gasteiger partial charge in [0, 0.05) is 24.1 Å². The third-order valence-electron chi connectivity index (χ3n) is 3.45. The van der Waals surface area contributed by atoms with Crippen LogP contribution in [0.15, 0.2) is 18.2 Å². The number of fused-ring (bicyclic) bond motifs is 1. The first-order chi connectivity index (χ1) is 9.69. The minimum Gasteiger partial charge on any atom is -0.481 e. The fourth-order valence-corrected chi connectivity index (χ4v) is 2.61. The summed E-state index contributed by atoms with van der Waals surface area (Å²) in [5.74, 6) is 1.37. The topological polar surface area (TPSA) is 47.5 Å². The van der Waals surface area contributed by atoms with Gasteiger partial charge in [0.25, 0.3) is 0 Å². The van der Waals surface area contributed by atoms with Gasteiger partial charge < -0.3 is 14.4 Å². The van der Waals surface area contributed by atoms with Crippen LogP contribution in [0.2, 0.25) is 5.02 Å². The molecule has 0 bridgehead atoms. The fourth-order valence-electron chi connectivity index (χ4n) is 2.36. The highest BCUT2D eigenvalue weighted by Crippen LogP contribution is 2.28. The van der Waals surface area contributed by atoms with E-state index in [0.29, 0.717) is 29.8 Å². The first-order valence-corrected chi connectivity index (χ1v) is 6.92. The van der Waals surface area contributed by atoms with Crippen LogP contribution in [0.1, 0.15) is 6.92 Å². The molecular formula is C14H16ClN3O2. The van der Waals surface area contributed by atoms with Crippen molar-refractivity contribution in [2.75, 3.05) is 31.8 Å². The largest absolute Gasteiger partial charge is 0.481 e. The van der Waals surface area contributed by atoms with Gasteiger partial charge in [-0.3, -0.25) is 0 Å². The summed E-state index contributed by atoms with van der Waals surface area (Å²) >= 11 is 6.35. The zero-order valence-corrected chi connectivity index (χ0v) is 12.2. The Balaban J connectivity index is 2.07. The Labute approximate surface area is 122 Å². The third-order valence-corrected chi connectivity index (χ3v) is 3.77. The van der Waals surface area contributed by atoms with E-state index in [2.05, 4.69) is 21.8 Å². The van der Waals surface area contributed by atoms with Crippen molar-refractivity contribution in [2.24, 2.45) is 0 Å². The monoisotopic (exact) mass is 293 g/mol. The predicted molar refractivity (Wildman–Crippen MR) is 78.7 cm³/mol. The second-order valence-corrected chi connectivity index (χ2v) is 5.21. The number of halogens is 1. The van der Waals surface area contributed by atoms with Crippen molar-refractivity contribution in [1.82, 2.24) is 9.97 Å². The molecule has 0 amide bonds. The molecule has 6 heteroatoms. The van der Waals surface area contributed by atoms with Crippen LogP contribution < -0.4 is 9.64 Å². The van der Waals surface area contributed by atoms with Crippen LogP contribution in [0.25, 0.3) is 11.0 Å². The molecule has 1 fully saturated rings. The van der Waals surface area contributed by atoms with E-state index >= 15 is 0 Å². The van der Waals surface area contributed by atoms with E-state index in [0.717, 1.165) is 17.7 Å². The molecule has 0 aliphatic carbocycles. The maximum atomic E-state index is 6.35. The van der Waals surface area contributed by atoms with Crippen molar-refractivity contribution in [3.63, 3.8) is 0 Å². The lowest BCUT2D eigenvalue weighted by atomic mass is 10.2. The number of ether oxygens (including phenoxy) is 2. The predicted octanol–water partition coefficient (Wildman–Crippen LogP) is 2.52. The molecule has 0 unspecified atom stereocenters. The number of hydrogen-bond donors (Lipinski definition) is 0. The van der Waals surface area contributed by atoms with Gasteiger partial charge >= 0.3 is 0 Å². The van der Waals surface area contributed by atoms with E-state index in [-0.39, 0.29) is 6.04 Å². The zero-order valence-electron chi connectivity index (χ0n) is 11.5. The number of hydrogen-bond acceptors (Lipinski definition) is 5. The van der Waals surface area contributed by atoms with Crippen molar-refractivity contribution >= 4 is 28.5 Å². The summed E-state index contributed by atoms with van der Waals surface area (Å²) in [4.78, 5) is 11.2. The van der Waals surface area contributed by atoms with Crippen LogP contribution in [0, 0.1) is 0 Å². The fraction of sp³-hybridized carbons (Fsp3) is 0.429. The Bertz CT molecular complexity index is 635. The van der Waals surface area contributed by atoms with E-state index in [1.165, 1.54) is 0 Å². The summed E-state index contributed by atoms with van der Waals surface area (Å²) in [7, 11) is 1.59. The molecule has 2 aromatic rings. The number of nitrogens with zero attached hydrogens (tertiary/aromatic N) is 3. The van der Waals surface area contributed by atoms with Crippen LogP contribution in [0.4, 0.5) is 5.82 Å². The van der Waals surface area contributed by atoms with Crippen molar-refractivity contribution in [2.45, 2.75) is 13.0 Å². The molecule has 1 aliphatic heterocycles. The average Bonchev–Trinajstić information content (AvgIpc) is 2.47. The minimum absolute atomic E-state index is 0.273. The molecule has 3 rings (SSSR count). The van der Waals surface area contributed by atoms with E-state index in [9.17, 15) is 0 Å². The third kappa shape index (κ3) is 2.39.